The number of nitrogens with one attached hydrogen (secondary N) is 3. The lowest BCUT2D eigenvalue weighted by atomic mass is 10.0. The minimum Gasteiger partial charge on any atom is -0.508 e. The number of nitrogens with two attached hydrogens (primary N) is 1. The Morgan fingerprint density at radius 2 is 1.29 bits per heavy atom. The number of aliphatic carboxylic acids is 1. The van der Waals surface area contributed by atoms with Crippen LogP contribution in [0, 0.1) is 5.92 Å². The van der Waals surface area contributed by atoms with E-state index in [-0.39, 0.29) is 24.5 Å². The van der Waals surface area contributed by atoms with Crippen LogP contribution in [0.3, 0.4) is 0 Å². The van der Waals surface area contributed by atoms with Crippen molar-refractivity contribution in [3.05, 3.63) is 65.7 Å². The summed E-state index contributed by atoms with van der Waals surface area (Å²) < 4.78 is 0. The topological polar surface area (TPSA) is 191 Å². The smallest absolute Gasteiger partial charge is 0.326 e. The van der Waals surface area contributed by atoms with Crippen molar-refractivity contribution in [1.82, 2.24) is 20.9 Å². The predicted molar refractivity (Wildman–Crippen MR) is 156 cm³/mol. The molecular formula is C30H41N5O7. The number of amides is 4. The van der Waals surface area contributed by atoms with Gasteiger partial charge in [0.2, 0.25) is 23.6 Å². The first-order valence-electron chi connectivity index (χ1n) is 13.7. The molecule has 0 spiro atoms. The molecule has 2 aromatic rings. The highest BCUT2D eigenvalue weighted by Crippen LogP contribution is 2.13. The van der Waals surface area contributed by atoms with Gasteiger partial charge in [0.1, 0.15) is 29.9 Å². The highest BCUT2D eigenvalue weighted by Gasteiger charge is 2.34. The fourth-order valence-electron chi connectivity index (χ4n) is 4.08. The second-order valence-corrected chi connectivity index (χ2v) is 10.7. The first-order valence-corrected chi connectivity index (χ1v) is 13.7. The fraction of sp³-hybridized carbons (Fsp3) is 0.433. The largest absolute Gasteiger partial charge is 0.508 e. The van der Waals surface area contributed by atoms with Gasteiger partial charge in [-0.25, -0.2) is 4.79 Å². The van der Waals surface area contributed by atoms with Gasteiger partial charge in [0, 0.05) is 19.9 Å². The fourth-order valence-corrected chi connectivity index (χ4v) is 4.08. The van der Waals surface area contributed by atoms with Gasteiger partial charge in [0.25, 0.3) is 0 Å². The Labute approximate surface area is 245 Å². The molecule has 0 bridgehead atoms. The third kappa shape index (κ3) is 9.88. The zero-order valence-corrected chi connectivity index (χ0v) is 24.5. The first-order chi connectivity index (χ1) is 19.7. The molecule has 0 fully saturated rings. The molecule has 0 aliphatic heterocycles. The highest BCUT2D eigenvalue weighted by molar-refractivity contribution is 5.95. The summed E-state index contributed by atoms with van der Waals surface area (Å²) in [5.74, 6) is -3.92. The number of phenols is 1. The molecule has 1 unspecified atom stereocenters. The number of carboxylic acid groups (broad SMARTS) is 1. The average Bonchev–Trinajstić information content (AvgIpc) is 2.95. The van der Waals surface area contributed by atoms with Gasteiger partial charge in [0.15, 0.2) is 0 Å². The summed E-state index contributed by atoms with van der Waals surface area (Å²) in [5, 5.41) is 27.1. The van der Waals surface area contributed by atoms with Crippen LogP contribution >= 0.6 is 0 Å². The molecule has 0 saturated carbocycles. The summed E-state index contributed by atoms with van der Waals surface area (Å²) in [7, 11) is 1.42. The molecule has 0 aromatic heterocycles. The lowest BCUT2D eigenvalue weighted by Crippen LogP contribution is -2.59. The van der Waals surface area contributed by atoms with Crippen molar-refractivity contribution in [3.63, 3.8) is 0 Å². The Morgan fingerprint density at radius 1 is 0.762 bits per heavy atom. The number of carbonyl (C=O) groups is 5. The standard InChI is InChI=1S/C30H41N5O7/c1-17(2)25(34-26(37)18(3)31)29(40)35(5)19(4)27(38)32-23(15-20-9-7-6-8-10-20)28(39)33-24(30(41)42)16-21-11-13-22(36)14-12-21/h6-14,17-19,23-25,36H,15-16,31H2,1-5H3,(H,32,38)(H,33,39)(H,34,37)(H,41,42)/t18-,19?,23-,24-,25-/m0/s1. The molecule has 5 atom stereocenters. The van der Waals surface area contributed by atoms with Gasteiger partial charge in [-0.15, -0.1) is 0 Å². The molecule has 42 heavy (non-hydrogen) atoms. The van der Waals surface area contributed by atoms with Gasteiger partial charge in [-0.3, -0.25) is 19.2 Å². The van der Waals surface area contributed by atoms with E-state index in [1.165, 1.54) is 37.9 Å². The molecule has 0 saturated heterocycles. The average molecular weight is 584 g/mol. The van der Waals surface area contributed by atoms with Crippen LogP contribution in [-0.2, 0) is 36.8 Å². The lowest BCUT2D eigenvalue weighted by molar-refractivity contribution is -0.144. The number of rotatable bonds is 14. The zero-order valence-electron chi connectivity index (χ0n) is 24.5. The van der Waals surface area contributed by atoms with Gasteiger partial charge in [-0.2, -0.15) is 0 Å². The van der Waals surface area contributed by atoms with E-state index in [4.69, 9.17) is 5.73 Å². The second-order valence-electron chi connectivity index (χ2n) is 10.7. The van der Waals surface area contributed by atoms with Crippen LogP contribution < -0.4 is 21.7 Å². The van der Waals surface area contributed by atoms with E-state index in [0.717, 1.165) is 5.56 Å². The molecule has 12 heteroatoms. The molecule has 228 valence electrons. The molecule has 0 heterocycles. The maximum atomic E-state index is 13.4. The van der Waals surface area contributed by atoms with Gasteiger partial charge in [0.05, 0.1) is 6.04 Å². The predicted octanol–water partition coefficient (Wildman–Crippen LogP) is 0.567. The van der Waals surface area contributed by atoms with Crippen molar-refractivity contribution in [2.24, 2.45) is 11.7 Å². The summed E-state index contributed by atoms with van der Waals surface area (Å²) in [6.45, 7) is 6.48. The SMILES string of the molecule is CC(C)[C@H](NC(=O)[C@H](C)N)C(=O)N(C)C(C)C(=O)N[C@@H](Cc1ccccc1)C(=O)N[C@@H](Cc1ccc(O)cc1)C(=O)O. The minimum atomic E-state index is -1.31. The Kier molecular flexibility index (Phi) is 12.5. The number of likely N-dealkylation sites (N-methyl/N-ethyl adjacent to an activating group) is 1. The van der Waals surface area contributed by atoms with E-state index in [2.05, 4.69) is 16.0 Å². The van der Waals surface area contributed by atoms with E-state index >= 15 is 0 Å². The van der Waals surface area contributed by atoms with Crippen LogP contribution in [0.2, 0.25) is 0 Å². The van der Waals surface area contributed by atoms with Crippen LogP contribution in [0.25, 0.3) is 0 Å². The third-order valence-electron chi connectivity index (χ3n) is 6.86. The summed E-state index contributed by atoms with van der Waals surface area (Å²) >= 11 is 0. The number of carbonyl (C=O) groups excluding carboxylic acids is 4. The number of carboxylic acids is 1. The van der Waals surface area contributed by atoms with Crippen LogP contribution in [0.4, 0.5) is 0 Å². The number of hydrogen-bond acceptors (Lipinski definition) is 7. The van der Waals surface area contributed by atoms with Crippen LogP contribution in [0.15, 0.2) is 54.6 Å². The molecule has 0 aliphatic carbocycles. The Balaban J connectivity index is 2.23. The molecule has 0 radical (unpaired) electrons. The zero-order chi connectivity index (χ0) is 31.6. The summed E-state index contributed by atoms with van der Waals surface area (Å²) in [6.07, 6.45) is 0.0120. The summed E-state index contributed by atoms with van der Waals surface area (Å²) in [4.78, 5) is 65.3. The third-order valence-corrected chi connectivity index (χ3v) is 6.86. The van der Waals surface area contributed by atoms with Gasteiger partial charge in [-0.1, -0.05) is 56.3 Å². The molecule has 2 rings (SSSR count). The van der Waals surface area contributed by atoms with Gasteiger partial charge in [-0.05, 0) is 43.0 Å². The molecule has 4 amide bonds. The van der Waals surface area contributed by atoms with Crippen molar-refractivity contribution < 1.29 is 34.2 Å². The van der Waals surface area contributed by atoms with E-state index in [1.807, 2.05) is 0 Å². The first kappa shape index (κ1) is 33.8. The minimum absolute atomic E-state index is 0.0221. The molecule has 7 N–H and O–H groups in total. The number of benzene rings is 2. The number of nitrogens with zero attached hydrogens (tertiary/aromatic N) is 1. The van der Waals surface area contributed by atoms with Gasteiger partial charge >= 0.3 is 5.97 Å². The Morgan fingerprint density at radius 3 is 1.81 bits per heavy atom. The highest BCUT2D eigenvalue weighted by atomic mass is 16.4. The Bertz CT molecular complexity index is 1230. The maximum absolute atomic E-state index is 13.4. The van der Waals surface area contributed by atoms with Crippen molar-refractivity contribution in [3.8, 4) is 5.75 Å². The summed E-state index contributed by atoms with van der Waals surface area (Å²) in [6, 6.07) is 9.56. The van der Waals surface area contributed by atoms with E-state index < -0.39 is 59.8 Å². The van der Waals surface area contributed by atoms with Crippen LogP contribution in [0.1, 0.15) is 38.8 Å². The van der Waals surface area contributed by atoms with Crippen molar-refractivity contribution in [2.75, 3.05) is 7.05 Å². The van der Waals surface area contributed by atoms with Crippen LogP contribution in [-0.4, -0.2) is 82.0 Å². The number of aromatic hydroxyl groups is 1. The van der Waals surface area contributed by atoms with Crippen LogP contribution in [0.5, 0.6) is 5.75 Å². The summed E-state index contributed by atoms with van der Waals surface area (Å²) in [5.41, 5.74) is 6.93. The second kappa shape index (κ2) is 15.5. The Hall–Kier alpha value is -4.45. The number of hydrogen-bond donors (Lipinski definition) is 6. The molecular weight excluding hydrogens is 542 g/mol. The number of phenolic OH excluding ortho intramolecular Hbond substituents is 1. The lowest BCUT2D eigenvalue weighted by Gasteiger charge is -2.31. The molecule has 2 aromatic carbocycles. The quantitative estimate of drug-likeness (QED) is 0.186. The molecule has 0 aliphatic rings. The van der Waals surface area contributed by atoms with E-state index in [9.17, 15) is 34.2 Å². The van der Waals surface area contributed by atoms with Crippen molar-refractivity contribution in [2.45, 2.75) is 70.7 Å². The van der Waals surface area contributed by atoms with Crippen molar-refractivity contribution >= 4 is 29.6 Å². The normalized spacial score (nSPS) is 14.5. The monoisotopic (exact) mass is 583 g/mol. The van der Waals surface area contributed by atoms with Gasteiger partial charge < -0.3 is 36.8 Å². The van der Waals surface area contributed by atoms with E-state index in [1.54, 1.807) is 56.3 Å². The van der Waals surface area contributed by atoms with Crippen molar-refractivity contribution in [1.29, 1.82) is 0 Å². The van der Waals surface area contributed by atoms with E-state index in [0.29, 0.717) is 5.56 Å². The maximum Gasteiger partial charge on any atom is 0.326 e. The molecule has 12 nitrogen and oxygen atoms in total.